The third-order valence-electron chi connectivity index (χ3n) is 6.92. The van der Waals surface area contributed by atoms with Crippen molar-refractivity contribution in [2.75, 3.05) is 16.4 Å². The lowest BCUT2D eigenvalue weighted by molar-refractivity contribution is -0.145. The first-order chi connectivity index (χ1) is 22.9. The number of halogens is 5. The van der Waals surface area contributed by atoms with E-state index >= 15 is 0 Å². The molecule has 5 aromatic rings. The second-order valence-corrected chi connectivity index (χ2v) is 13.1. The SMILES string of the molecule is Cl.NC(C(=O)OCc1ccccc1)C(=O)n1cc(NC(=O)Nc2ccc(CCSc3ccc(SC(F)(F)F)cc3)cc2)c2cc(Cl)ccc21. The average Bonchev–Trinajstić information content (AvgIpc) is 3.41. The van der Waals surface area contributed by atoms with Crippen LogP contribution in [0.1, 0.15) is 15.9 Å². The Morgan fingerprint density at radius 1 is 0.878 bits per heavy atom. The van der Waals surface area contributed by atoms with E-state index in [0.717, 1.165) is 16.0 Å². The smallest absolute Gasteiger partial charge is 0.446 e. The minimum Gasteiger partial charge on any atom is -0.459 e. The molecule has 1 atom stereocenters. The third-order valence-corrected chi connectivity index (χ3v) is 8.91. The van der Waals surface area contributed by atoms with Crippen LogP contribution in [0.2, 0.25) is 5.02 Å². The summed E-state index contributed by atoms with van der Waals surface area (Å²) in [6.07, 6.45) is 2.07. The molecule has 1 heterocycles. The van der Waals surface area contributed by atoms with Crippen molar-refractivity contribution in [2.24, 2.45) is 5.73 Å². The highest BCUT2D eigenvalue weighted by Crippen LogP contribution is 2.37. The van der Waals surface area contributed by atoms with Crippen LogP contribution >= 0.6 is 47.5 Å². The molecule has 0 saturated heterocycles. The van der Waals surface area contributed by atoms with E-state index in [1.165, 1.54) is 34.7 Å². The molecule has 0 aliphatic heterocycles. The van der Waals surface area contributed by atoms with Gasteiger partial charge in [0.05, 0.1) is 11.2 Å². The number of rotatable bonds is 11. The fourth-order valence-electron chi connectivity index (χ4n) is 4.62. The summed E-state index contributed by atoms with van der Waals surface area (Å²) in [5.41, 5.74) is 4.57. The molecule has 0 radical (unpaired) electrons. The molecule has 15 heteroatoms. The zero-order chi connectivity index (χ0) is 34.3. The molecule has 0 saturated carbocycles. The highest BCUT2D eigenvalue weighted by molar-refractivity contribution is 8.00. The van der Waals surface area contributed by atoms with Crippen molar-refractivity contribution in [3.8, 4) is 0 Å². The number of ether oxygens (including phenoxy) is 1. The minimum absolute atomic E-state index is 0. The summed E-state index contributed by atoms with van der Waals surface area (Å²) in [4.78, 5) is 39.8. The molecule has 1 unspecified atom stereocenters. The lowest BCUT2D eigenvalue weighted by Gasteiger charge is -2.12. The van der Waals surface area contributed by atoms with Gasteiger partial charge in [0.15, 0.2) is 6.04 Å². The molecule has 49 heavy (non-hydrogen) atoms. The van der Waals surface area contributed by atoms with Crippen molar-refractivity contribution in [1.82, 2.24) is 4.57 Å². The van der Waals surface area contributed by atoms with Crippen LogP contribution in [-0.4, -0.2) is 39.8 Å². The molecule has 1 aromatic heterocycles. The number of benzene rings is 4. The van der Waals surface area contributed by atoms with Gasteiger partial charge in [0.2, 0.25) is 0 Å². The molecular formula is C34H29Cl2F3N4O4S2. The summed E-state index contributed by atoms with van der Waals surface area (Å²) in [5.74, 6) is -0.939. The Morgan fingerprint density at radius 2 is 1.55 bits per heavy atom. The van der Waals surface area contributed by atoms with Crippen molar-refractivity contribution in [3.05, 3.63) is 119 Å². The maximum Gasteiger partial charge on any atom is 0.446 e. The number of nitrogens with two attached hydrogens (primary N) is 1. The van der Waals surface area contributed by atoms with Gasteiger partial charge in [-0.2, -0.15) is 13.2 Å². The molecule has 0 fully saturated rings. The van der Waals surface area contributed by atoms with Crippen LogP contribution in [0.15, 0.2) is 113 Å². The number of thioether (sulfide) groups is 2. The molecule has 0 bridgehead atoms. The third kappa shape index (κ3) is 10.7. The molecular weight excluding hydrogens is 720 g/mol. The predicted molar refractivity (Wildman–Crippen MR) is 191 cm³/mol. The number of alkyl halides is 3. The number of fused-ring (bicyclic) bond motifs is 1. The first-order valence-corrected chi connectivity index (χ1v) is 16.6. The molecule has 4 N–H and O–H groups in total. The molecule has 0 aliphatic rings. The Labute approximate surface area is 299 Å². The van der Waals surface area contributed by atoms with Gasteiger partial charge < -0.3 is 21.1 Å². The Bertz CT molecular complexity index is 1910. The highest BCUT2D eigenvalue weighted by atomic mass is 35.5. The zero-order valence-corrected chi connectivity index (χ0v) is 28.6. The van der Waals surface area contributed by atoms with E-state index in [1.54, 1.807) is 66.7 Å². The van der Waals surface area contributed by atoms with Gasteiger partial charge >= 0.3 is 17.5 Å². The second kappa shape index (κ2) is 17.0. The standard InChI is InChI=1S/C34H28ClF3N4O4S2.ClH/c35-23-8-15-29-27(18-23)28(19-42(29)31(43)30(39)32(44)46-20-22-4-2-1-3-5-22)41-33(45)40-24-9-6-21(7-10-24)16-17-47-25-11-13-26(14-12-25)48-34(36,37)38;/h1-15,18-19,30H,16-17,20,39H2,(H2,40,41,45);1H. The van der Waals surface area contributed by atoms with E-state index in [0.29, 0.717) is 33.8 Å². The van der Waals surface area contributed by atoms with Gasteiger partial charge in [-0.05, 0) is 83.9 Å². The van der Waals surface area contributed by atoms with E-state index in [-0.39, 0.29) is 41.4 Å². The maximum absolute atomic E-state index is 13.3. The number of carbonyl (C=O) groups is 3. The fraction of sp³-hybridized carbons (Fsp3) is 0.147. The van der Waals surface area contributed by atoms with E-state index in [4.69, 9.17) is 22.1 Å². The van der Waals surface area contributed by atoms with Crippen LogP contribution in [0.3, 0.4) is 0 Å². The summed E-state index contributed by atoms with van der Waals surface area (Å²) in [6, 6.07) is 25.0. The van der Waals surface area contributed by atoms with Gasteiger partial charge in [-0.1, -0.05) is 54.1 Å². The van der Waals surface area contributed by atoms with Gasteiger partial charge in [0, 0.05) is 37.8 Å². The number of aryl methyl sites for hydroxylation is 1. The normalized spacial score (nSPS) is 11.8. The van der Waals surface area contributed by atoms with Crippen molar-refractivity contribution < 1.29 is 32.3 Å². The quantitative estimate of drug-likeness (QED) is 0.0702. The lowest BCUT2D eigenvalue weighted by Crippen LogP contribution is -2.42. The Morgan fingerprint density at radius 3 is 2.22 bits per heavy atom. The molecule has 0 aliphatic carbocycles. The first kappa shape index (κ1) is 37.7. The van der Waals surface area contributed by atoms with Crippen molar-refractivity contribution in [2.45, 2.75) is 34.4 Å². The van der Waals surface area contributed by atoms with E-state index in [2.05, 4.69) is 10.6 Å². The van der Waals surface area contributed by atoms with E-state index in [9.17, 15) is 27.6 Å². The Kier molecular flexibility index (Phi) is 13.1. The Balaban J connectivity index is 0.00000541. The molecule has 2 amide bonds. The van der Waals surface area contributed by atoms with Crippen LogP contribution in [0.25, 0.3) is 10.9 Å². The van der Waals surface area contributed by atoms with Crippen LogP contribution in [-0.2, 0) is 22.6 Å². The number of carbonyl (C=O) groups excluding carboxylic acids is 3. The monoisotopic (exact) mass is 748 g/mol. The van der Waals surface area contributed by atoms with Crippen molar-refractivity contribution in [3.63, 3.8) is 0 Å². The van der Waals surface area contributed by atoms with E-state index in [1.807, 2.05) is 18.2 Å². The summed E-state index contributed by atoms with van der Waals surface area (Å²) >= 11 is 7.60. The molecule has 5 rings (SSSR count). The number of aromatic nitrogens is 1. The summed E-state index contributed by atoms with van der Waals surface area (Å²) in [7, 11) is 0. The van der Waals surface area contributed by atoms with Gasteiger partial charge in [0.1, 0.15) is 6.61 Å². The number of urea groups is 1. The van der Waals surface area contributed by atoms with E-state index < -0.39 is 29.5 Å². The van der Waals surface area contributed by atoms with Crippen LogP contribution < -0.4 is 16.4 Å². The minimum atomic E-state index is -4.32. The summed E-state index contributed by atoms with van der Waals surface area (Å²) < 4.78 is 44.0. The van der Waals surface area contributed by atoms with Gasteiger partial charge in [-0.25, -0.2) is 9.59 Å². The number of hydrogen-bond acceptors (Lipinski definition) is 7. The number of nitrogens with zero attached hydrogens (tertiary/aromatic N) is 1. The maximum atomic E-state index is 13.3. The lowest BCUT2D eigenvalue weighted by atomic mass is 10.1. The predicted octanol–water partition coefficient (Wildman–Crippen LogP) is 9.02. The Hall–Kier alpha value is -4.14. The van der Waals surface area contributed by atoms with Gasteiger partial charge in [-0.15, -0.1) is 24.2 Å². The molecule has 256 valence electrons. The van der Waals surface area contributed by atoms with Gasteiger partial charge in [-0.3, -0.25) is 9.36 Å². The van der Waals surface area contributed by atoms with Gasteiger partial charge in [0.25, 0.3) is 5.91 Å². The van der Waals surface area contributed by atoms with Crippen molar-refractivity contribution in [1.29, 1.82) is 0 Å². The van der Waals surface area contributed by atoms with Crippen LogP contribution in [0.5, 0.6) is 0 Å². The average molecular weight is 750 g/mol. The van der Waals surface area contributed by atoms with Crippen molar-refractivity contribution >= 4 is 87.7 Å². The number of nitrogens with one attached hydrogen (secondary N) is 2. The topological polar surface area (TPSA) is 115 Å². The molecule has 4 aromatic carbocycles. The number of anilines is 2. The van der Waals surface area contributed by atoms with Crippen LogP contribution in [0.4, 0.5) is 29.3 Å². The zero-order valence-electron chi connectivity index (χ0n) is 25.4. The van der Waals surface area contributed by atoms with Crippen LogP contribution in [0, 0.1) is 0 Å². The molecule has 8 nitrogen and oxygen atoms in total. The fourth-order valence-corrected chi connectivity index (χ4v) is 6.23. The second-order valence-electron chi connectivity index (χ2n) is 10.4. The summed E-state index contributed by atoms with van der Waals surface area (Å²) in [6.45, 7) is -0.0413. The number of hydrogen-bond donors (Lipinski definition) is 3. The number of amides is 2. The summed E-state index contributed by atoms with van der Waals surface area (Å²) in [5, 5.41) is 6.30. The largest absolute Gasteiger partial charge is 0.459 e. The number of esters is 1. The first-order valence-electron chi connectivity index (χ1n) is 14.4. The highest BCUT2D eigenvalue weighted by Gasteiger charge is 2.29. The molecule has 0 spiro atoms.